The molecule has 0 aliphatic carbocycles. The van der Waals surface area contributed by atoms with E-state index in [9.17, 15) is 14.0 Å². The van der Waals surface area contributed by atoms with E-state index in [0.717, 1.165) is 17.1 Å². The summed E-state index contributed by atoms with van der Waals surface area (Å²) in [7, 11) is 0. The number of hydrogen-bond donors (Lipinski definition) is 1. The van der Waals surface area contributed by atoms with E-state index in [4.69, 9.17) is 0 Å². The Bertz CT molecular complexity index is 798. The number of piperazine rings is 1. The molecule has 8 heteroatoms. The maximum Gasteiger partial charge on any atom is 0.321 e. The van der Waals surface area contributed by atoms with Crippen LogP contribution in [0.2, 0.25) is 0 Å². The molecule has 1 aromatic heterocycles. The molecule has 0 spiro atoms. The van der Waals surface area contributed by atoms with Gasteiger partial charge in [0.25, 0.3) is 5.91 Å². The second-order valence-corrected chi connectivity index (χ2v) is 7.18. The van der Waals surface area contributed by atoms with E-state index in [2.05, 4.69) is 10.3 Å². The van der Waals surface area contributed by atoms with Gasteiger partial charge in [-0.05, 0) is 37.6 Å². The Morgan fingerprint density at radius 3 is 2.35 bits per heavy atom. The molecule has 0 atom stereocenters. The Kier molecular flexibility index (Phi) is 5.51. The third-order valence-corrected chi connectivity index (χ3v) is 5.58. The number of urea groups is 1. The number of amides is 3. The molecule has 138 valence electrons. The van der Waals surface area contributed by atoms with Crippen molar-refractivity contribution in [2.45, 2.75) is 20.3 Å². The Labute approximate surface area is 155 Å². The molecule has 1 saturated heterocycles. The van der Waals surface area contributed by atoms with Crippen molar-refractivity contribution in [1.82, 2.24) is 14.8 Å². The van der Waals surface area contributed by atoms with Crippen molar-refractivity contribution in [1.29, 1.82) is 0 Å². The minimum absolute atomic E-state index is 0.0155. The highest BCUT2D eigenvalue weighted by Gasteiger charge is 2.27. The monoisotopic (exact) mass is 376 g/mol. The fourth-order valence-corrected chi connectivity index (χ4v) is 3.77. The van der Waals surface area contributed by atoms with Crippen molar-refractivity contribution in [2.24, 2.45) is 0 Å². The summed E-state index contributed by atoms with van der Waals surface area (Å²) in [6.45, 7) is 5.75. The first-order valence-corrected chi connectivity index (χ1v) is 9.36. The smallest absolute Gasteiger partial charge is 0.321 e. The van der Waals surface area contributed by atoms with Crippen molar-refractivity contribution < 1.29 is 14.0 Å². The lowest BCUT2D eigenvalue weighted by Gasteiger charge is -2.34. The highest BCUT2D eigenvalue weighted by Crippen LogP contribution is 2.21. The van der Waals surface area contributed by atoms with Crippen LogP contribution in [0.3, 0.4) is 0 Å². The van der Waals surface area contributed by atoms with Gasteiger partial charge in [0, 0.05) is 31.9 Å². The molecule has 2 heterocycles. The molecule has 3 rings (SSSR count). The van der Waals surface area contributed by atoms with Crippen molar-refractivity contribution in [2.75, 3.05) is 31.5 Å². The predicted molar refractivity (Wildman–Crippen MR) is 99.1 cm³/mol. The Morgan fingerprint density at radius 1 is 1.15 bits per heavy atom. The largest absolute Gasteiger partial charge is 0.334 e. The minimum Gasteiger partial charge on any atom is -0.334 e. The molecule has 1 aromatic carbocycles. The van der Waals surface area contributed by atoms with E-state index in [1.54, 1.807) is 9.80 Å². The summed E-state index contributed by atoms with van der Waals surface area (Å²) in [5, 5.41) is 3.70. The zero-order chi connectivity index (χ0) is 18.7. The number of hydrogen-bond acceptors (Lipinski definition) is 4. The van der Waals surface area contributed by atoms with Gasteiger partial charge in [0.1, 0.15) is 10.7 Å². The fourth-order valence-electron chi connectivity index (χ4n) is 2.79. The van der Waals surface area contributed by atoms with E-state index < -0.39 is 0 Å². The fraction of sp³-hybridized carbons (Fsp3) is 0.389. The van der Waals surface area contributed by atoms with Gasteiger partial charge in [-0.15, -0.1) is 11.3 Å². The summed E-state index contributed by atoms with van der Waals surface area (Å²) in [6.07, 6.45) is 0.816. The van der Waals surface area contributed by atoms with Crippen molar-refractivity contribution in [3.05, 3.63) is 45.7 Å². The average Bonchev–Trinajstić information content (AvgIpc) is 3.04. The van der Waals surface area contributed by atoms with Crippen LogP contribution in [0.5, 0.6) is 0 Å². The average molecular weight is 376 g/mol. The maximum atomic E-state index is 12.9. The first-order chi connectivity index (χ1) is 12.5. The minimum atomic E-state index is -0.347. The van der Waals surface area contributed by atoms with Gasteiger partial charge in [0.2, 0.25) is 0 Å². The normalized spacial score (nSPS) is 14.4. The summed E-state index contributed by atoms with van der Waals surface area (Å²) < 4.78 is 12.9. The quantitative estimate of drug-likeness (QED) is 0.895. The highest BCUT2D eigenvalue weighted by atomic mass is 32.1. The van der Waals surface area contributed by atoms with E-state index in [1.807, 2.05) is 13.8 Å². The third kappa shape index (κ3) is 4.01. The van der Waals surface area contributed by atoms with E-state index in [0.29, 0.717) is 36.7 Å². The Balaban J connectivity index is 1.56. The zero-order valence-electron chi connectivity index (χ0n) is 14.8. The lowest BCUT2D eigenvalue weighted by atomic mass is 10.2. The first kappa shape index (κ1) is 18.3. The lowest BCUT2D eigenvalue weighted by molar-refractivity contribution is 0.0675. The second-order valence-electron chi connectivity index (χ2n) is 6.09. The van der Waals surface area contributed by atoms with Crippen LogP contribution in [0.15, 0.2) is 24.3 Å². The molecule has 1 aliphatic rings. The number of nitrogens with zero attached hydrogens (tertiary/aromatic N) is 3. The number of thiazole rings is 1. The van der Waals surface area contributed by atoms with Gasteiger partial charge < -0.3 is 15.1 Å². The molecule has 0 unspecified atom stereocenters. The second kappa shape index (κ2) is 7.82. The van der Waals surface area contributed by atoms with E-state index >= 15 is 0 Å². The van der Waals surface area contributed by atoms with Crippen LogP contribution in [0.4, 0.5) is 14.9 Å². The van der Waals surface area contributed by atoms with Crippen LogP contribution in [0.25, 0.3) is 0 Å². The van der Waals surface area contributed by atoms with Crippen LogP contribution < -0.4 is 5.32 Å². The third-order valence-electron chi connectivity index (χ3n) is 4.29. The standard InChI is InChI=1S/C18H21FN4O2S/c1-3-15-20-12(2)16(26-15)17(24)22-8-10-23(11-9-22)18(25)21-14-6-4-13(19)5-7-14/h4-7H,3,8-11H2,1-2H3,(H,21,25). The van der Waals surface area contributed by atoms with Gasteiger partial charge in [-0.3, -0.25) is 4.79 Å². The number of anilines is 1. The molecule has 0 bridgehead atoms. The number of aryl methyl sites for hydroxylation is 2. The Morgan fingerprint density at radius 2 is 1.77 bits per heavy atom. The van der Waals surface area contributed by atoms with E-state index in [1.165, 1.54) is 35.6 Å². The highest BCUT2D eigenvalue weighted by molar-refractivity contribution is 7.13. The predicted octanol–water partition coefficient (Wildman–Crippen LogP) is 3.14. The number of halogens is 1. The van der Waals surface area contributed by atoms with Crippen molar-refractivity contribution >= 4 is 29.0 Å². The number of nitrogens with one attached hydrogen (secondary N) is 1. The van der Waals surface area contributed by atoms with Crippen molar-refractivity contribution in [3.8, 4) is 0 Å². The number of benzene rings is 1. The topological polar surface area (TPSA) is 65.5 Å². The van der Waals surface area contributed by atoms with Gasteiger partial charge in [0.15, 0.2) is 0 Å². The summed E-state index contributed by atoms with van der Waals surface area (Å²) in [5.41, 5.74) is 1.32. The molecular formula is C18H21FN4O2S. The molecule has 6 nitrogen and oxygen atoms in total. The van der Waals surface area contributed by atoms with Crippen LogP contribution >= 0.6 is 11.3 Å². The number of carbonyl (C=O) groups is 2. The molecule has 0 radical (unpaired) electrons. The molecule has 3 amide bonds. The van der Waals surface area contributed by atoms with Crippen LogP contribution in [0, 0.1) is 12.7 Å². The van der Waals surface area contributed by atoms with Gasteiger partial charge in [-0.25, -0.2) is 14.2 Å². The van der Waals surface area contributed by atoms with Crippen LogP contribution in [0.1, 0.15) is 27.3 Å². The molecule has 1 aliphatic heterocycles. The summed E-state index contributed by atoms with van der Waals surface area (Å²) in [6, 6.07) is 5.39. The zero-order valence-corrected chi connectivity index (χ0v) is 15.6. The summed E-state index contributed by atoms with van der Waals surface area (Å²) in [5.74, 6) is -0.363. The number of rotatable bonds is 3. The number of aromatic nitrogens is 1. The molecule has 2 aromatic rings. The first-order valence-electron chi connectivity index (χ1n) is 8.55. The van der Waals surface area contributed by atoms with Crippen molar-refractivity contribution in [3.63, 3.8) is 0 Å². The summed E-state index contributed by atoms with van der Waals surface area (Å²) >= 11 is 1.45. The molecule has 0 saturated carbocycles. The number of carbonyl (C=O) groups excluding carboxylic acids is 2. The molecule has 1 fully saturated rings. The van der Waals surface area contributed by atoms with Crippen LogP contribution in [-0.4, -0.2) is 52.9 Å². The molecule has 26 heavy (non-hydrogen) atoms. The summed E-state index contributed by atoms with van der Waals surface area (Å²) in [4.78, 5) is 33.5. The molecular weight excluding hydrogens is 355 g/mol. The molecule has 1 N–H and O–H groups in total. The van der Waals surface area contributed by atoms with Gasteiger partial charge in [-0.1, -0.05) is 6.92 Å². The Hall–Kier alpha value is -2.48. The van der Waals surface area contributed by atoms with Gasteiger partial charge in [0.05, 0.1) is 10.7 Å². The lowest BCUT2D eigenvalue weighted by Crippen LogP contribution is -2.51. The van der Waals surface area contributed by atoms with Gasteiger partial charge in [-0.2, -0.15) is 0 Å². The van der Waals surface area contributed by atoms with E-state index in [-0.39, 0.29) is 17.8 Å². The van der Waals surface area contributed by atoms with Crippen LogP contribution in [-0.2, 0) is 6.42 Å². The maximum absolute atomic E-state index is 12.9. The van der Waals surface area contributed by atoms with Gasteiger partial charge >= 0.3 is 6.03 Å². The SMILES string of the molecule is CCc1nc(C)c(C(=O)N2CCN(C(=O)Nc3ccc(F)cc3)CC2)s1.